The Morgan fingerprint density at radius 2 is 2.17 bits per heavy atom. The van der Waals surface area contributed by atoms with Crippen molar-refractivity contribution in [1.29, 1.82) is 0 Å². The van der Waals surface area contributed by atoms with Gasteiger partial charge in [-0.1, -0.05) is 6.58 Å². The number of quaternary nitrogens is 1. The van der Waals surface area contributed by atoms with Gasteiger partial charge in [-0.2, -0.15) is 0 Å². The van der Waals surface area contributed by atoms with Gasteiger partial charge in [-0.3, -0.25) is 4.79 Å². The number of amides is 1. The molecule has 0 spiro atoms. The van der Waals surface area contributed by atoms with E-state index in [0.717, 1.165) is 19.5 Å². The van der Waals surface area contributed by atoms with Gasteiger partial charge in [0.2, 0.25) is 5.91 Å². The minimum atomic E-state index is -0.0406. The third-order valence-corrected chi connectivity index (χ3v) is 1.34. The van der Waals surface area contributed by atoms with E-state index < -0.39 is 0 Å². The summed E-state index contributed by atoms with van der Waals surface area (Å²) >= 11 is 0. The van der Waals surface area contributed by atoms with Gasteiger partial charge in [0.25, 0.3) is 0 Å². The Bertz CT molecular complexity index is 148. The van der Waals surface area contributed by atoms with Crippen LogP contribution in [0.15, 0.2) is 12.2 Å². The van der Waals surface area contributed by atoms with E-state index in [9.17, 15) is 4.79 Å². The molecular formula is C8H17ClN2O. The van der Waals surface area contributed by atoms with Crippen LogP contribution in [0, 0.1) is 0 Å². The fourth-order valence-electron chi connectivity index (χ4n) is 0.659. The molecule has 0 aliphatic rings. The van der Waals surface area contributed by atoms with Gasteiger partial charge in [0.1, 0.15) is 0 Å². The summed E-state index contributed by atoms with van der Waals surface area (Å²) in [5, 5.41) is 4.85. The fourth-order valence-corrected chi connectivity index (χ4v) is 0.659. The molecule has 0 radical (unpaired) electrons. The van der Waals surface area contributed by atoms with E-state index in [0.29, 0.717) is 5.57 Å². The third-order valence-electron chi connectivity index (χ3n) is 1.34. The molecule has 12 heavy (non-hydrogen) atoms. The summed E-state index contributed by atoms with van der Waals surface area (Å²) in [6, 6.07) is 0. The number of halogens is 1. The van der Waals surface area contributed by atoms with E-state index in [4.69, 9.17) is 0 Å². The Morgan fingerprint density at radius 1 is 1.58 bits per heavy atom. The highest BCUT2D eigenvalue weighted by Gasteiger charge is 1.98. The van der Waals surface area contributed by atoms with Gasteiger partial charge in [-0.05, 0) is 6.92 Å². The molecule has 3 N–H and O–H groups in total. The maximum Gasteiger partial charge on any atom is 0.246 e. The zero-order valence-electron chi connectivity index (χ0n) is 7.69. The Balaban J connectivity index is 0. The summed E-state index contributed by atoms with van der Waals surface area (Å²) in [5.41, 5.74) is 0.575. The first-order chi connectivity index (χ1) is 5.18. The second-order valence-electron chi connectivity index (χ2n) is 2.59. The van der Waals surface area contributed by atoms with Gasteiger partial charge in [0, 0.05) is 18.5 Å². The Hall–Kier alpha value is -0.540. The van der Waals surface area contributed by atoms with Crippen LogP contribution >= 0.6 is 0 Å². The molecule has 0 aromatic heterocycles. The van der Waals surface area contributed by atoms with Crippen LogP contribution < -0.4 is 23.0 Å². The van der Waals surface area contributed by atoms with Gasteiger partial charge >= 0.3 is 0 Å². The van der Waals surface area contributed by atoms with Crippen LogP contribution in [0.25, 0.3) is 0 Å². The summed E-state index contributed by atoms with van der Waals surface area (Å²) in [6.07, 6.45) is 1.01. The molecule has 0 bridgehead atoms. The molecule has 3 nitrogen and oxygen atoms in total. The molecule has 0 aromatic carbocycles. The van der Waals surface area contributed by atoms with Gasteiger partial charge in [0.05, 0.1) is 13.6 Å². The predicted octanol–water partition coefficient (Wildman–Crippen LogP) is -3.73. The SMILES string of the molecule is C=C(C)C(=O)NCCC[NH2+]C.[Cl-]. The van der Waals surface area contributed by atoms with Crippen molar-refractivity contribution < 1.29 is 22.5 Å². The van der Waals surface area contributed by atoms with E-state index in [-0.39, 0.29) is 18.3 Å². The molecule has 0 rings (SSSR count). The van der Waals surface area contributed by atoms with Gasteiger partial charge in [-0.25, -0.2) is 0 Å². The Labute approximate surface area is 80.0 Å². The Kier molecular flexibility index (Phi) is 9.99. The van der Waals surface area contributed by atoms with Crippen molar-refractivity contribution in [2.24, 2.45) is 0 Å². The zero-order chi connectivity index (χ0) is 8.69. The average molecular weight is 193 g/mol. The molecule has 0 aliphatic carbocycles. The predicted molar refractivity (Wildman–Crippen MR) is 45.2 cm³/mol. The van der Waals surface area contributed by atoms with E-state index in [1.54, 1.807) is 6.92 Å². The molecule has 0 aromatic rings. The molecule has 0 saturated heterocycles. The maximum absolute atomic E-state index is 10.9. The number of hydrogen-bond acceptors (Lipinski definition) is 1. The summed E-state index contributed by atoms with van der Waals surface area (Å²) in [5.74, 6) is -0.0406. The minimum absolute atomic E-state index is 0. The van der Waals surface area contributed by atoms with Gasteiger partial charge in [0.15, 0.2) is 0 Å². The topological polar surface area (TPSA) is 45.7 Å². The van der Waals surface area contributed by atoms with Crippen LogP contribution in [0.2, 0.25) is 0 Å². The number of hydrogen-bond donors (Lipinski definition) is 2. The smallest absolute Gasteiger partial charge is 0.246 e. The molecule has 0 fully saturated rings. The molecule has 4 heteroatoms. The lowest BCUT2D eigenvalue weighted by Gasteiger charge is -2.01. The van der Waals surface area contributed by atoms with Crippen molar-refractivity contribution in [2.75, 3.05) is 20.1 Å². The van der Waals surface area contributed by atoms with E-state index in [2.05, 4.69) is 17.2 Å². The standard InChI is InChI=1S/C8H16N2O.ClH/c1-7(2)8(11)10-6-4-5-9-3;/h9H,1,4-6H2,2-3H3,(H,10,11);1H. The molecule has 0 unspecified atom stereocenters. The average Bonchev–Trinajstić information content (AvgIpc) is 1.97. The highest BCUT2D eigenvalue weighted by atomic mass is 35.5. The van der Waals surface area contributed by atoms with Crippen molar-refractivity contribution in [3.05, 3.63) is 12.2 Å². The quantitative estimate of drug-likeness (QED) is 0.342. The molecule has 0 atom stereocenters. The maximum atomic E-state index is 10.9. The first-order valence-electron chi connectivity index (χ1n) is 3.90. The molecule has 0 heterocycles. The van der Waals surface area contributed by atoms with Crippen molar-refractivity contribution in [1.82, 2.24) is 5.32 Å². The minimum Gasteiger partial charge on any atom is -1.00 e. The van der Waals surface area contributed by atoms with E-state index >= 15 is 0 Å². The lowest BCUT2D eigenvalue weighted by molar-refractivity contribution is -0.626. The van der Waals surface area contributed by atoms with Gasteiger partial charge < -0.3 is 23.0 Å². The number of nitrogens with two attached hydrogens (primary N) is 1. The molecule has 0 aliphatic heterocycles. The summed E-state index contributed by atoms with van der Waals surface area (Å²) < 4.78 is 0. The highest BCUT2D eigenvalue weighted by molar-refractivity contribution is 5.91. The first kappa shape index (κ1) is 14.0. The van der Waals surface area contributed by atoms with Crippen LogP contribution in [0.3, 0.4) is 0 Å². The largest absolute Gasteiger partial charge is 1.00 e. The Morgan fingerprint density at radius 3 is 2.58 bits per heavy atom. The van der Waals surface area contributed by atoms with Crippen LogP contribution in [0.5, 0.6) is 0 Å². The lowest BCUT2D eigenvalue weighted by Crippen LogP contribution is -3.00. The third kappa shape index (κ3) is 7.57. The second-order valence-corrected chi connectivity index (χ2v) is 2.59. The fraction of sp³-hybridized carbons (Fsp3) is 0.625. The van der Waals surface area contributed by atoms with Crippen molar-refractivity contribution in [3.63, 3.8) is 0 Å². The monoisotopic (exact) mass is 192 g/mol. The number of carbonyl (C=O) groups is 1. The van der Waals surface area contributed by atoms with Crippen LogP contribution in [-0.2, 0) is 4.79 Å². The molecule has 72 valence electrons. The lowest BCUT2D eigenvalue weighted by atomic mass is 10.3. The number of rotatable bonds is 5. The zero-order valence-corrected chi connectivity index (χ0v) is 8.45. The van der Waals surface area contributed by atoms with Crippen LogP contribution in [-0.4, -0.2) is 26.0 Å². The van der Waals surface area contributed by atoms with Crippen molar-refractivity contribution >= 4 is 5.91 Å². The normalized spacial score (nSPS) is 8.50. The summed E-state index contributed by atoms with van der Waals surface area (Å²) in [7, 11) is 2.01. The number of carbonyl (C=O) groups excluding carboxylic acids is 1. The first-order valence-corrected chi connectivity index (χ1v) is 3.90. The van der Waals surface area contributed by atoms with Crippen molar-refractivity contribution in [3.8, 4) is 0 Å². The molecular weight excluding hydrogens is 176 g/mol. The summed E-state index contributed by atoms with van der Waals surface area (Å²) in [4.78, 5) is 10.9. The molecule has 0 saturated carbocycles. The van der Waals surface area contributed by atoms with Crippen molar-refractivity contribution in [2.45, 2.75) is 13.3 Å². The second kappa shape index (κ2) is 8.56. The highest BCUT2D eigenvalue weighted by Crippen LogP contribution is 1.84. The number of nitrogens with one attached hydrogen (secondary N) is 1. The van der Waals surface area contributed by atoms with E-state index in [1.807, 2.05) is 7.05 Å². The summed E-state index contributed by atoms with van der Waals surface area (Å²) in [6.45, 7) is 7.04. The van der Waals surface area contributed by atoms with E-state index in [1.165, 1.54) is 0 Å². The molecule has 1 amide bonds. The van der Waals surface area contributed by atoms with Crippen LogP contribution in [0.4, 0.5) is 0 Å². The van der Waals surface area contributed by atoms with Crippen LogP contribution in [0.1, 0.15) is 13.3 Å². The van der Waals surface area contributed by atoms with Gasteiger partial charge in [-0.15, -0.1) is 0 Å².